The van der Waals surface area contributed by atoms with Crippen molar-refractivity contribution >= 4 is 12.0 Å². The molecule has 1 amide bonds. The van der Waals surface area contributed by atoms with Gasteiger partial charge < -0.3 is 5.32 Å². The number of rotatable bonds is 5. The quantitative estimate of drug-likeness (QED) is 0.773. The number of carbonyl (C=O) groups is 1. The van der Waals surface area contributed by atoms with Crippen molar-refractivity contribution < 1.29 is 4.79 Å². The van der Waals surface area contributed by atoms with Crippen LogP contribution in [-0.2, 0) is 4.79 Å². The van der Waals surface area contributed by atoms with E-state index in [4.69, 9.17) is 0 Å². The topological polar surface area (TPSA) is 29.1 Å². The molecule has 0 atom stereocenters. The zero-order valence-corrected chi connectivity index (χ0v) is 10.1. The van der Waals surface area contributed by atoms with Gasteiger partial charge in [0.2, 0.25) is 5.91 Å². The molecule has 0 unspecified atom stereocenters. The van der Waals surface area contributed by atoms with E-state index in [0.29, 0.717) is 5.92 Å². The molecule has 1 aromatic carbocycles. The third kappa shape index (κ3) is 3.74. The Balaban J connectivity index is 1.62. The Hall–Kier alpha value is -1.57. The highest BCUT2D eigenvalue weighted by Crippen LogP contribution is 2.25. The lowest BCUT2D eigenvalue weighted by Crippen LogP contribution is -2.34. The highest BCUT2D eigenvalue weighted by molar-refractivity contribution is 5.79. The van der Waals surface area contributed by atoms with E-state index in [1.54, 1.807) is 0 Å². The minimum Gasteiger partial charge on any atom is -0.356 e. The number of amides is 1. The van der Waals surface area contributed by atoms with Gasteiger partial charge >= 0.3 is 0 Å². The summed E-state index contributed by atoms with van der Waals surface area (Å²) >= 11 is 0. The van der Waals surface area contributed by atoms with Crippen LogP contribution in [0.4, 0.5) is 0 Å². The van der Waals surface area contributed by atoms with Crippen LogP contribution in [0.15, 0.2) is 36.4 Å². The van der Waals surface area contributed by atoms with Gasteiger partial charge in [-0.2, -0.15) is 0 Å². The van der Waals surface area contributed by atoms with Crippen molar-refractivity contribution in [1.82, 2.24) is 5.32 Å². The van der Waals surface area contributed by atoms with Crippen molar-refractivity contribution in [3.05, 3.63) is 42.0 Å². The summed E-state index contributed by atoms with van der Waals surface area (Å²) in [5.74, 6) is 0.539. The van der Waals surface area contributed by atoms with Crippen molar-refractivity contribution in [1.29, 1.82) is 0 Å². The molecular formula is C15H19NO. The van der Waals surface area contributed by atoms with Gasteiger partial charge in [-0.15, -0.1) is 0 Å². The van der Waals surface area contributed by atoms with E-state index in [9.17, 15) is 4.79 Å². The summed E-state index contributed by atoms with van der Waals surface area (Å²) in [4.78, 5) is 11.5. The zero-order valence-electron chi connectivity index (χ0n) is 10.1. The maximum atomic E-state index is 11.5. The Bertz CT molecular complexity index is 379. The first kappa shape index (κ1) is 11.9. The minimum absolute atomic E-state index is 0.240. The Kier molecular flexibility index (Phi) is 4.37. The summed E-state index contributed by atoms with van der Waals surface area (Å²) < 4.78 is 0. The van der Waals surface area contributed by atoms with Crippen molar-refractivity contribution in [3.63, 3.8) is 0 Å². The molecule has 1 aliphatic rings. The standard InChI is InChI=1S/C15H19NO/c17-15(14-10-6-11-14)16-12-5-4-9-13-7-2-1-3-8-13/h1-4,7-9,14H,5-6,10-12H2,(H,16,17)/b9-4+. The first-order chi connectivity index (χ1) is 8.36. The number of hydrogen-bond acceptors (Lipinski definition) is 1. The molecule has 2 rings (SSSR count). The Morgan fingerprint density at radius 1 is 1.29 bits per heavy atom. The Morgan fingerprint density at radius 2 is 2.06 bits per heavy atom. The predicted molar refractivity (Wildman–Crippen MR) is 70.4 cm³/mol. The van der Waals surface area contributed by atoms with Crippen LogP contribution in [0.5, 0.6) is 0 Å². The van der Waals surface area contributed by atoms with Crippen molar-refractivity contribution in [3.8, 4) is 0 Å². The fourth-order valence-electron chi connectivity index (χ4n) is 1.88. The van der Waals surface area contributed by atoms with Crippen LogP contribution in [-0.4, -0.2) is 12.5 Å². The lowest BCUT2D eigenvalue weighted by molar-refractivity contribution is -0.127. The Labute approximate surface area is 103 Å². The normalized spacial score (nSPS) is 15.8. The highest BCUT2D eigenvalue weighted by atomic mass is 16.1. The molecule has 0 saturated heterocycles. The molecule has 0 heterocycles. The van der Waals surface area contributed by atoms with Gasteiger partial charge in [0.25, 0.3) is 0 Å². The van der Waals surface area contributed by atoms with E-state index >= 15 is 0 Å². The van der Waals surface area contributed by atoms with E-state index in [2.05, 4.69) is 29.6 Å². The molecule has 2 nitrogen and oxygen atoms in total. The summed E-state index contributed by atoms with van der Waals surface area (Å²) in [6, 6.07) is 10.2. The monoisotopic (exact) mass is 229 g/mol. The van der Waals surface area contributed by atoms with E-state index in [0.717, 1.165) is 25.8 Å². The minimum atomic E-state index is 0.240. The highest BCUT2D eigenvalue weighted by Gasteiger charge is 2.24. The van der Waals surface area contributed by atoms with E-state index in [1.807, 2.05) is 18.2 Å². The van der Waals surface area contributed by atoms with E-state index in [1.165, 1.54) is 12.0 Å². The molecule has 0 bridgehead atoms. The average Bonchev–Trinajstić information content (AvgIpc) is 2.27. The summed E-state index contributed by atoms with van der Waals surface area (Å²) in [6.07, 6.45) is 8.46. The van der Waals surface area contributed by atoms with Crippen LogP contribution >= 0.6 is 0 Å². The van der Waals surface area contributed by atoms with E-state index < -0.39 is 0 Å². The van der Waals surface area contributed by atoms with Gasteiger partial charge in [0.15, 0.2) is 0 Å². The number of hydrogen-bond donors (Lipinski definition) is 1. The van der Waals surface area contributed by atoms with Crippen molar-refractivity contribution in [2.45, 2.75) is 25.7 Å². The average molecular weight is 229 g/mol. The van der Waals surface area contributed by atoms with Gasteiger partial charge in [0, 0.05) is 12.5 Å². The molecule has 17 heavy (non-hydrogen) atoms. The summed E-state index contributed by atoms with van der Waals surface area (Å²) in [5, 5.41) is 2.98. The lowest BCUT2D eigenvalue weighted by Gasteiger charge is -2.23. The largest absolute Gasteiger partial charge is 0.356 e. The fraction of sp³-hybridized carbons (Fsp3) is 0.400. The maximum Gasteiger partial charge on any atom is 0.223 e. The number of nitrogens with one attached hydrogen (secondary N) is 1. The summed E-state index contributed by atoms with van der Waals surface area (Å²) in [5.41, 5.74) is 1.21. The summed E-state index contributed by atoms with van der Waals surface area (Å²) in [7, 11) is 0. The molecule has 0 aromatic heterocycles. The lowest BCUT2D eigenvalue weighted by atomic mass is 9.85. The van der Waals surface area contributed by atoms with Crippen LogP contribution in [0.25, 0.3) is 6.08 Å². The zero-order chi connectivity index (χ0) is 11.9. The first-order valence-electron chi connectivity index (χ1n) is 6.35. The maximum absolute atomic E-state index is 11.5. The van der Waals surface area contributed by atoms with Crippen LogP contribution in [0.2, 0.25) is 0 Å². The van der Waals surface area contributed by atoms with Gasteiger partial charge in [-0.25, -0.2) is 0 Å². The van der Waals surface area contributed by atoms with Gasteiger partial charge in [-0.05, 0) is 24.8 Å². The molecule has 1 aromatic rings. The number of benzene rings is 1. The molecule has 90 valence electrons. The van der Waals surface area contributed by atoms with Gasteiger partial charge in [-0.3, -0.25) is 4.79 Å². The SMILES string of the molecule is O=C(NCC/C=C/c1ccccc1)C1CCC1. The van der Waals surface area contributed by atoms with Crippen LogP contribution in [0.1, 0.15) is 31.2 Å². The molecule has 0 spiro atoms. The second kappa shape index (κ2) is 6.24. The molecular weight excluding hydrogens is 210 g/mol. The van der Waals surface area contributed by atoms with E-state index in [-0.39, 0.29) is 5.91 Å². The second-order valence-electron chi connectivity index (χ2n) is 4.52. The third-order valence-electron chi connectivity index (χ3n) is 3.20. The van der Waals surface area contributed by atoms with Crippen LogP contribution in [0, 0.1) is 5.92 Å². The fourth-order valence-corrected chi connectivity index (χ4v) is 1.88. The molecule has 0 radical (unpaired) electrons. The Morgan fingerprint density at radius 3 is 2.71 bits per heavy atom. The predicted octanol–water partition coefficient (Wildman–Crippen LogP) is 3.01. The van der Waals surface area contributed by atoms with Crippen molar-refractivity contribution in [2.24, 2.45) is 5.92 Å². The van der Waals surface area contributed by atoms with Crippen LogP contribution in [0.3, 0.4) is 0 Å². The van der Waals surface area contributed by atoms with Crippen LogP contribution < -0.4 is 5.32 Å². The first-order valence-corrected chi connectivity index (χ1v) is 6.35. The van der Waals surface area contributed by atoms with Gasteiger partial charge in [0.1, 0.15) is 0 Å². The molecule has 1 fully saturated rings. The van der Waals surface area contributed by atoms with Crippen molar-refractivity contribution in [2.75, 3.05) is 6.54 Å². The smallest absolute Gasteiger partial charge is 0.223 e. The summed E-state index contributed by atoms with van der Waals surface area (Å²) in [6.45, 7) is 0.749. The number of carbonyl (C=O) groups excluding carboxylic acids is 1. The molecule has 2 heteroatoms. The molecule has 1 N–H and O–H groups in total. The third-order valence-corrected chi connectivity index (χ3v) is 3.20. The molecule has 0 aliphatic heterocycles. The molecule has 1 aliphatic carbocycles. The molecule has 1 saturated carbocycles. The van der Waals surface area contributed by atoms with Gasteiger partial charge in [-0.1, -0.05) is 48.9 Å². The second-order valence-corrected chi connectivity index (χ2v) is 4.52. The van der Waals surface area contributed by atoms with Gasteiger partial charge in [0.05, 0.1) is 0 Å².